The number of piperidine rings is 2. The molecule has 1 aromatic carbocycles. The lowest BCUT2D eigenvalue weighted by Gasteiger charge is -2.38. The summed E-state index contributed by atoms with van der Waals surface area (Å²) in [4.78, 5) is 47.0. The molecule has 4 atom stereocenters. The van der Waals surface area contributed by atoms with Crippen LogP contribution in [-0.2, 0) is 26.1 Å². The van der Waals surface area contributed by atoms with Gasteiger partial charge in [0.1, 0.15) is 24.2 Å². The molecule has 5 aliphatic rings. The van der Waals surface area contributed by atoms with E-state index in [0.717, 1.165) is 42.6 Å². The number of likely N-dealkylation sites (tertiary alicyclic amines) is 1. The Morgan fingerprint density at radius 2 is 1.86 bits per heavy atom. The molecule has 7 heterocycles. The maximum Gasteiger partial charge on any atom is 0.284 e. The molecule has 4 aromatic heterocycles. The minimum Gasteiger partial charge on any atom is -0.375 e. The van der Waals surface area contributed by atoms with E-state index in [2.05, 4.69) is 47.6 Å². The minimum absolute atomic E-state index is 0.0415. The molecular weight excluding hydrogens is 856 g/mol. The lowest BCUT2D eigenvalue weighted by Crippen LogP contribution is -2.47. The van der Waals surface area contributed by atoms with Crippen LogP contribution in [0.25, 0.3) is 16.6 Å². The molecule has 0 bridgehead atoms. The third-order valence-corrected chi connectivity index (χ3v) is 13.9. The number of fused-ring (bicyclic) bond motifs is 2. The molecule has 66 heavy (non-hydrogen) atoms. The van der Waals surface area contributed by atoms with Crippen molar-refractivity contribution in [2.75, 3.05) is 56.2 Å². The highest BCUT2D eigenvalue weighted by molar-refractivity contribution is 6.08. The molecule has 3 amide bonds. The number of amides is 3. The zero-order chi connectivity index (χ0) is 45.5. The summed E-state index contributed by atoms with van der Waals surface area (Å²) in [7, 11) is 1.80. The van der Waals surface area contributed by atoms with E-state index in [1.807, 2.05) is 24.3 Å². The van der Waals surface area contributed by atoms with E-state index >= 15 is 4.39 Å². The summed E-state index contributed by atoms with van der Waals surface area (Å²) in [5.41, 5.74) is 2.09. The van der Waals surface area contributed by atoms with Crippen LogP contribution in [0, 0.1) is 23.7 Å². The van der Waals surface area contributed by atoms with Gasteiger partial charge >= 0.3 is 0 Å². The number of rotatable bonds is 12. The number of hydrogen-bond acceptors (Lipinski definition) is 11. The number of benzene rings is 1. The summed E-state index contributed by atoms with van der Waals surface area (Å²) in [6.07, 6.45) is 7.98. The van der Waals surface area contributed by atoms with Gasteiger partial charge in [0.25, 0.3) is 12.3 Å². The smallest absolute Gasteiger partial charge is 0.284 e. The standard InChI is InChI=1S/C47H54F3N11O5/c1-57-43-30(4-2-6-33(43)41(55-57)34-13-14-40(62)54-46(34)63)5-3-20-66-38-15-17-58(26-36(38)48)24-29-9-11-31(12-10-29)61-27-37(42(56-61)44(49)50)52-47(64)35-23-51-60-18-16-39(53-45(35)60)59-19-21-65-32(25-59)22-28-7-8-28/h2,4,6,16,18,23,27-29,31-32,34,36,38,44H,7-15,17,19-22,24-26H2,1H3,(H,52,64)(H,54,62,63)/t29?,31?,32-,34?,36+,38-/m1/s1. The molecule has 2 aliphatic carbocycles. The summed E-state index contributed by atoms with van der Waals surface area (Å²) < 4.78 is 60.9. The molecule has 348 valence electrons. The Kier molecular flexibility index (Phi) is 12.5. The van der Waals surface area contributed by atoms with Crippen LogP contribution in [0.3, 0.4) is 0 Å². The fraction of sp³-hybridized carbons (Fsp3) is 0.553. The first kappa shape index (κ1) is 44.0. The largest absolute Gasteiger partial charge is 0.375 e. The van der Waals surface area contributed by atoms with E-state index in [4.69, 9.17) is 14.5 Å². The van der Waals surface area contributed by atoms with Gasteiger partial charge in [0, 0.05) is 64.0 Å². The molecule has 3 aliphatic heterocycles. The van der Waals surface area contributed by atoms with Gasteiger partial charge in [-0.05, 0) is 68.9 Å². The van der Waals surface area contributed by atoms with Crippen LogP contribution in [0.1, 0.15) is 110 Å². The van der Waals surface area contributed by atoms with E-state index in [-0.39, 0.29) is 54.8 Å². The third-order valence-electron chi connectivity index (χ3n) is 13.9. The number of carbonyl (C=O) groups is 3. The molecule has 2 N–H and O–H groups in total. The number of para-hydroxylation sites is 1. The number of nitrogens with zero attached hydrogens (tertiary/aromatic N) is 9. The fourth-order valence-electron chi connectivity index (χ4n) is 10.2. The first-order valence-electron chi connectivity index (χ1n) is 23.2. The number of aryl methyl sites for hydroxylation is 1. The first-order valence-corrected chi connectivity index (χ1v) is 23.2. The number of alkyl halides is 3. The highest BCUT2D eigenvalue weighted by Crippen LogP contribution is 2.37. The molecule has 16 nitrogen and oxygen atoms in total. The summed E-state index contributed by atoms with van der Waals surface area (Å²) in [6, 6.07) is 7.37. The van der Waals surface area contributed by atoms with Gasteiger partial charge in [-0.2, -0.15) is 15.3 Å². The summed E-state index contributed by atoms with van der Waals surface area (Å²) in [5.74, 6) is 6.22. The van der Waals surface area contributed by atoms with Crippen LogP contribution >= 0.6 is 0 Å². The Labute approximate surface area is 379 Å². The third kappa shape index (κ3) is 9.40. The van der Waals surface area contributed by atoms with Crippen LogP contribution in [0.2, 0.25) is 0 Å². The van der Waals surface area contributed by atoms with Crippen LogP contribution in [0.15, 0.2) is 42.9 Å². The van der Waals surface area contributed by atoms with Crippen LogP contribution in [0.4, 0.5) is 24.7 Å². The fourth-order valence-corrected chi connectivity index (χ4v) is 10.2. The van der Waals surface area contributed by atoms with Gasteiger partial charge in [0.15, 0.2) is 11.3 Å². The van der Waals surface area contributed by atoms with Crippen molar-refractivity contribution in [1.29, 1.82) is 0 Å². The molecule has 10 rings (SSSR count). The summed E-state index contributed by atoms with van der Waals surface area (Å²) in [5, 5.41) is 19.1. The molecule has 0 radical (unpaired) electrons. The van der Waals surface area contributed by atoms with Crippen molar-refractivity contribution in [2.45, 2.75) is 101 Å². The molecule has 5 fully saturated rings. The van der Waals surface area contributed by atoms with Crippen LogP contribution in [0.5, 0.6) is 0 Å². The molecule has 1 unspecified atom stereocenters. The van der Waals surface area contributed by atoms with Gasteiger partial charge in [-0.15, -0.1) is 0 Å². The van der Waals surface area contributed by atoms with Gasteiger partial charge in [-0.25, -0.2) is 22.7 Å². The number of aromatic nitrogens is 7. The Hall–Kier alpha value is -5.84. The first-order chi connectivity index (χ1) is 32.0. The van der Waals surface area contributed by atoms with Crippen molar-refractivity contribution >= 4 is 45.8 Å². The van der Waals surface area contributed by atoms with E-state index in [1.54, 1.807) is 22.6 Å². The molecule has 19 heteroatoms. The molecule has 5 aromatic rings. The van der Waals surface area contributed by atoms with Gasteiger partial charge in [-0.3, -0.25) is 34.0 Å². The van der Waals surface area contributed by atoms with Crippen LogP contribution in [-0.4, -0.2) is 121 Å². The average Bonchev–Trinajstić information content (AvgIpc) is 3.69. The van der Waals surface area contributed by atoms with Gasteiger partial charge in [0.05, 0.1) is 59.4 Å². The number of halogens is 3. The second-order valence-electron chi connectivity index (χ2n) is 18.5. The minimum atomic E-state index is -2.90. The van der Waals surface area contributed by atoms with Gasteiger partial charge in [0.2, 0.25) is 11.8 Å². The van der Waals surface area contributed by atoms with Crippen molar-refractivity contribution in [3.63, 3.8) is 0 Å². The summed E-state index contributed by atoms with van der Waals surface area (Å²) in [6.45, 7) is 3.73. The Bertz CT molecular complexity index is 2680. The predicted molar refractivity (Wildman–Crippen MR) is 237 cm³/mol. The van der Waals surface area contributed by atoms with E-state index in [1.165, 1.54) is 29.8 Å². The molecule has 3 saturated heterocycles. The molecular formula is C47H54F3N11O5. The number of ether oxygens (including phenoxy) is 2. The monoisotopic (exact) mass is 909 g/mol. The number of imide groups is 1. The van der Waals surface area contributed by atoms with Crippen molar-refractivity contribution < 1.29 is 37.0 Å². The van der Waals surface area contributed by atoms with Crippen LogP contribution < -0.4 is 15.5 Å². The highest BCUT2D eigenvalue weighted by atomic mass is 19.3. The lowest BCUT2D eigenvalue weighted by atomic mass is 9.85. The zero-order valence-corrected chi connectivity index (χ0v) is 36.9. The van der Waals surface area contributed by atoms with Crippen molar-refractivity contribution in [1.82, 2.24) is 44.4 Å². The maximum atomic E-state index is 15.5. The number of anilines is 2. The zero-order valence-electron chi connectivity index (χ0n) is 36.9. The predicted octanol–water partition coefficient (Wildman–Crippen LogP) is 5.74. The van der Waals surface area contributed by atoms with E-state index < -0.39 is 36.2 Å². The number of morpholine rings is 1. The number of hydrogen-bond donors (Lipinski definition) is 2. The second-order valence-corrected chi connectivity index (χ2v) is 18.5. The molecule has 0 spiro atoms. The van der Waals surface area contributed by atoms with Crippen molar-refractivity contribution in [3.8, 4) is 11.8 Å². The quantitative estimate of drug-likeness (QED) is 0.116. The number of nitrogens with one attached hydrogen (secondary N) is 2. The molecule has 2 saturated carbocycles. The summed E-state index contributed by atoms with van der Waals surface area (Å²) >= 11 is 0. The Balaban J connectivity index is 0.702. The maximum absolute atomic E-state index is 15.5. The van der Waals surface area contributed by atoms with Crippen molar-refractivity contribution in [3.05, 3.63) is 65.4 Å². The SMILES string of the molecule is Cn1nc(C2CCC(=O)NC2=O)c2cccc(C#CCO[C@@H]3CCN(CC4CCC(n5cc(NC(=O)c6cnn7ccc(N8CCO[C@H](CC9CC9)C8)nc67)c(C(F)F)n5)CC4)C[C@@H]3F)c21. The van der Waals surface area contributed by atoms with Crippen molar-refractivity contribution in [2.24, 2.45) is 18.9 Å². The Morgan fingerprint density at radius 1 is 1.03 bits per heavy atom. The van der Waals surface area contributed by atoms with E-state index in [9.17, 15) is 23.2 Å². The topological polar surface area (TPSA) is 166 Å². The normalized spacial score (nSPS) is 25.3. The van der Waals surface area contributed by atoms with E-state index in [0.29, 0.717) is 80.6 Å². The van der Waals surface area contributed by atoms with Gasteiger partial charge < -0.3 is 19.7 Å². The Morgan fingerprint density at radius 3 is 2.65 bits per heavy atom. The average molecular weight is 910 g/mol. The van der Waals surface area contributed by atoms with Gasteiger partial charge in [-0.1, -0.05) is 36.8 Å². The highest BCUT2D eigenvalue weighted by Gasteiger charge is 2.35. The second kappa shape index (κ2) is 18.8. The number of carbonyl (C=O) groups excluding carboxylic acids is 3. The lowest BCUT2D eigenvalue weighted by molar-refractivity contribution is -0.134.